The van der Waals surface area contributed by atoms with Gasteiger partial charge in [0.25, 0.3) is 0 Å². The van der Waals surface area contributed by atoms with Crippen molar-refractivity contribution in [3.05, 3.63) is 11.9 Å². The van der Waals surface area contributed by atoms with Gasteiger partial charge in [-0.1, -0.05) is 6.92 Å². The van der Waals surface area contributed by atoms with Crippen molar-refractivity contribution in [3.63, 3.8) is 0 Å². The maximum atomic E-state index is 4.38. The van der Waals surface area contributed by atoms with Gasteiger partial charge in [0, 0.05) is 25.2 Å². The quantitative estimate of drug-likeness (QED) is 0.849. The zero-order valence-corrected chi connectivity index (χ0v) is 11.1. The van der Waals surface area contributed by atoms with Gasteiger partial charge < -0.3 is 10.2 Å². The van der Waals surface area contributed by atoms with Gasteiger partial charge in [-0.15, -0.1) is 0 Å². The molecule has 0 aromatic carbocycles. The van der Waals surface area contributed by atoms with Crippen molar-refractivity contribution in [1.82, 2.24) is 9.97 Å². The Bertz CT molecular complexity index is 360. The minimum absolute atomic E-state index is 0.101. The van der Waals surface area contributed by atoms with Crippen LogP contribution in [-0.2, 0) is 0 Å². The maximum absolute atomic E-state index is 4.38. The zero-order chi connectivity index (χ0) is 12.3. The highest BCUT2D eigenvalue weighted by Crippen LogP contribution is 2.27. The average Bonchev–Trinajstić information content (AvgIpc) is 2.28. The molecule has 1 heterocycles. The second-order valence-corrected chi connectivity index (χ2v) is 4.65. The van der Waals surface area contributed by atoms with Gasteiger partial charge in [0.05, 0.1) is 0 Å². The molecule has 0 spiro atoms. The molecule has 4 heteroatoms. The number of anilines is 2. The Hall–Kier alpha value is -1.32. The lowest BCUT2D eigenvalue weighted by Crippen LogP contribution is -2.41. The lowest BCUT2D eigenvalue weighted by atomic mass is 9.99. The smallest absolute Gasteiger partial charge is 0.137 e. The Morgan fingerprint density at radius 1 is 1.38 bits per heavy atom. The van der Waals surface area contributed by atoms with Gasteiger partial charge in [0.15, 0.2) is 0 Å². The highest BCUT2D eigenvalue weighted by Gasteiger charge is 2.24. The summed E-state index contributed by atoms with van der Waals surface area (Å²) in [6.45, 7) is 8.66. The minimum Gasteiger partial charge on any atom is -0.373 e. The summed E-state index contributed by atoms with van der Waals surface area (Å²) in [5.74, 6) is 1.88. The SMILES string of the molecule is CCC(C)(C)N(C)c1ncnc(NC)c1C. The fourth-order valence-corrected chi connectivity index (χ4v) is 1.55. The van der Waals surface area contributed by atoms with Crippen LogP contribution in [0.3, 0.4) is 0 Å². The first-order valence-electron chi connectivity index (χ1n) is 5.67. The Balaban J connectivity index is 3.14. The molecule has 1 rings (SSSR count). The first-order chi connectivity index (χ1) is 7.44. The standard InChI is InChI=1S/C12H22N4/c1-7-12(3,4)16(6)11-9(2)10(13-5)14-8-15-11/h8H,7H2,1-6H3,(H,13,14,15). The summed E-state index contributed by atoms with van der Waals surface area (Å²) >= 11 is 0. The first kappa shape index (κ1) is 12.7. The summed E-state index contributed by atoms with van der Waals surface area (Å²) < 4.78 is 0. The van der Waals surface area contributed by atoms with Crippen LogP contribution in [0, 0.1) is 6.92 Å². The number of nitrogens with zero attached hydrogens (tertiary/aromatic N) is 3. The molecule has 4 nitrogen and oxygen atoms in total. The molecule has 0 fully saturated rings. The Morgan fingerprint density at radius 2 is 2.00 bits per heavy atom. The van der Waals surface area contributed by atoms with Crippen LogP contribution in [0.4, 0.5) is 11.6 Å². The van der Waals surface area contributed by atoms with Crippen molar-refractivity contribution in [1.29, 1.82) is 0 Å². The van der Waals surface area contributed by atoms with E-state index < -0.39 is 0 Å². The summed E-state index contributed by atoms with van der Waals surface area (Å²) in [5, 5.41) is 3.08. The number of hydrogen-bond acceptors (Lipinski definition) is 4. The van der Waals surface area contributed by atoms with E-state index in [1.54, 1.807) is 6.33 Å². The monoisotopic (exact) mass is 222 g/mol. The van der Waals surface area contributed by atoms with E-state index in [1.165, 1.54) is 0 Å². The summed E-state index contributed by atoms with van der Waals surface area (Å²) in [5.41, 5.74) is 1.19. The molecule has 1 aromatic rings. The highest BCUT2D eigenvalue weighted by atomic mass is 15.2. The maximum Gasteiger partial charge on any atom is 0.137 e. The van der Waals surface area contributed by atoms with Gasteiger partial charge in [-0.05, 0) is 27.2 Å². The minimum atomic E-state index is 0.101. The molecular weight excluding hydrogens is 200 g/mol. The topological polar surface area (TPSA) is 41.1 Å². The lowest BCUT2D eigenvalue weighted by molar-refractivity contribution is 0.466. The summed E-state index contributed by atoms with van der Waals surface area (Å²) in [6, 6.07) is 0. The molecule has 0 saturated heterocycles. The van der Waals surface area contributed by atoms with E-state index in [2.05, 4.69) is 48.0 Å². The third kappa shape index (κ3) is 2.26. The van der Waals surface area contributed by atoms with E-state index in [-0.39, 0.29) is 5.54 Å². The normalized spacial score (nSPS) is 11.4. The molecule has 0 atom stereocenters. The molecule has 90 valence electrons. The van der Waals surface area contributed by atoms with E-state index in [0.29, 0.717) is 0 Å². The van der Waals surface area contributed by atoms with Crippen LogP contribution >= 0.6 is 0 Å². The first-order valence-corrected chi connectivity index (χ1v) is 5.67. The fraction of sp³-hybridized carbons (Fsp3) is 0.667. The average molecular weight is 222 g/mol. The van der Waals surface area contributed by atoms with Gasteiger partial charge in [-0.25, -0.2) is 9.97 Å². The van der Waals surface area contributed by atoms with E-state index in [4.69, 9.17) is 0 Å². The van der Waals surface area contributed by atoms with E-state index >= 15 is 0 Å². The van der Waals surface area contributed by atoms with Gasteiger partial charge >= 0.3 is 0 Å². The lowest BCUT2D eigenvalue weighted by Gasteiger charge is -2.36. The molecule has 0 aliphatic heterocycles. The van der Waals surface area contributed by atoms with Crippen molar-refractivity contribution < 1.29 is 0 Å². The van der Waals surface area contributed by atoms with E-state index in [1.807, 2.05) is 14.0 Å². The van der Waals surface area contributed by atoms with Gasteiger partial charge in [-0.2, -0.15) is 0 Å². The summed E-state index contributed by atoms with van der Waals surface area (Å²) in [6.07, 6.45) is 2.68. The van der Waals surface area contributed by atoms with Crippen LogP contribution < -0.4 is 10.2 Å². The number of aromatic nitrogens is 2. The molecular formula is C12H22N4. The molecule has 0 unspecified atom stereocenters. The molecule has 0 bridgehead atoms. The number of hydrogen-bond donors (Lipinski definition) is 1. The largest absolute Gasteiger partial charge is 0.373 e. The van der Waals surface area contributed by atoms with Gasteiger partial charge in [0.2, 0.25) is 0 Å². The van der Waals surface area contributed by atoms with Crippen LogP contribution in [0.15, 0.2) is 6.33 Å². The molecule has 0 aliphatic carbocycles. The predicted molar refractivity (Wildman–Crippen MR) is 69.1 cm³/mol. The Morgan fingerprint density at radius 3 is 2.50 bits per heavy atom. The van der Waals surface area contributed by atoms with Crippen molar-refractivity contribution in [3.8, 4) is 0 Å². The molecule has 1 aromatic heterocycles. The van der Waals surface area contributed by atoms with Gasteiger partial charge in [-0.3, -0.25) is 0 Å². The van der Waals surface area contributed by atoms with Crippen LogP contribution in [0.5, 0.6) is 0 Å². The third-order valence-corrected chi connectivity index (χ3v) is 3.39. The zero-order valence-electron chi connectivity index (χ0n) is 11.1. The third-order valence-electron chi connectivity index (χ3n) is 3.39. The number of rotatable bonds is 4. The molecule has 1 N–H and O–H groups in total. The summed E-state index contributed by atoms with van der Waals surface area (Å²) in [7, 11) is 3.96. The van der Waals surface area contributed by atoms with Crippen LogP contribution in [0.1, 0.15) is 32.8 Å². The Labute approximate surface area is 98.1 Å². The van der Waals surface area contributed by atoms with Crippen molar-refractivity contribution in [2.24, 2.45) is 0 Å². The van der Waals surface area contributed by atoms with E-state index in [9.17, 15) is 0 Å². The fourth-order valence-electron chi connectivity index (χ4n) is 1.55. The highest BCUT2D eigenvalue weighted by molar-refractivity contribution is 5.58. The van der Waals surface area contributed by atoms with Crippen LogP contribution in [0.25, 0.3) is 0 Å². The molecule has 0 saturated carbocycles. The predicted octanol–water partition coefficient (Wildman–Crippen LogP) is 2.45. The van der Waals surface area contributed by atoms with Crippen LogP contribution in [-0.4, -0.2) is 29.6 Å². The molecule has 0 radical (unpaired) electrons. The second-order valence-electron chi connectivity index (χ2n) is 4.65. The van der Waals surface area contributed by atoms with Crippen LogP contribution in [0.2, 0.25) is 0 Å². The Kier molecular flexibility index (Phi) is 3.73. The van der Waals surface area contributed by atoms with E-state index in [0.717, 1.165) is 23.6 Å². The second kappa shape index (κ2) is 4.68. The van der Waals surface area contributed by atoms with Gasteiger partial charge in [0.1, 0.15) is 18.0 Å². The van der Waals surface area contributed by atoms with Crippen molar-refractivity contribution in [2.45, 2.75) is 39.7 Å². The van der Waals surface area contributed by atoms with Crippen molar-refractivity contribution >= 4 is 11.6 Å². The molecule has 0 aliphatic rings. The molecule has 0 amide bonds. The summed E-state index contributed by atoms with van der Waals surface area (Å²) in [4.78, 5) is 10.8. The van der Waals surface area contributed by atoms with Crippen molar-refractivity contribution in [2.75, 3.05) is 24.3 Å². The molecule has 16 heavy (non-hydrogen) atoms. The number of nitrogens with one attached hydrogen (secondary N) is 1.